The van der Waals surface area contributed by atoms with Gasteiger partial charge in [-0.05, 0) is 0 Å². The van der Waals surface area contributed by atoms with Crippen LogP contribution in [0.2, 0.25) is 0 Å². The molecule has 2 aromatic heterocycles. The fraction of sp³-hybridized carbons (Fsp3) is 0.400. The van der Waals surface area contributed by atoms with Crippen molar-refractivity contribution in [1.82, 2.24) is 14.8 Å². The van der Waals surface area contributed by atoms with Crippen LogP contribution in [0.3, 0.4) is 0 Å². The summed E-state index contributed by atoms with van der Waals surface area (Å²) < 4.78 is 1.39. The number of rotatable bonds is 1. The minimum atomic E-state index is -0.236. The fourth-order valence-corrected chi connectivity index (χ4v) is 2.08. The van der Waals surface area contributed by atoms with Crippen molar-refractivity contribution in [3.63, 3.8) is 0 Å². The largest absolute Gasteiger partial charge is 0.393 e. The molecule has 5 nitrogen and oxygen atoms in total. The van der Waals surface area contributed by atoms with Gasteiger partial charge >= 0.3 is 0 Å². The van der Waals surface area contributed by atoms with E-state index in [1.165, 1.54) is 16.0 Å². The lowest BCUT2D eigenvalue weighted by Gasteiger charge is -2.16. The molecule has 0 amide bonds. The average Bonchev–Trinajstić information content (AvgIpc) is 2.75. The summed E-state index contributed by atoms with van der Waals surface area (Å²) in [5.74, 6) is 0. The van der Waals surface area contributed by atoms with Crippen LogP contribution in [0.25, 0.3) is 5.13 Å². The number of nitrogen functional groups attached to an aromatic ring is 1. The first-order valence-electron chi connectivity index (χ1n) is 4.92. The molecule has 16 heavy (non-hydrogen) atoms. The van der Waals surface area contributed by atoms with E-state index in [-0.39, 0.29) is 16.7 Å². The van der Waals surface area contributed by atoms with Crippen LogP contribution in [0.4, 0.5) is 5.69 Å². The van der Waals surface area contributed by atoms with E-state index < -0.39 is 0 Å². The van der Waals surface area contributed by atoms with E-state index in [1.54, 1.807) is 6.20 Å². The second-order valence-corrected chi connectivity index (χ2v) is 5.48. The van der Waals surface area contributed by atoms with Crippen LogP contribution in [0.1, 0.15) is 26.5 Å². The van der Waals surface area contributed by atoms with Gasteiger partial charge in [0.05, 0.1) is 5.69 Å². The molecule has 0 aromatic carbocycles. The molecule has 0 aliphatic heterocycles. The number of thiazole rings is 1. The Labute approximate surface area is 96.9 Å². The first-order valence-corrected chi connectivity index (χ1v) is 5.80. The molecule has 0 unspecified atom stereocenters. The third-order valence-electron chi connectivity index (χ3n) is 2.29. The zero-order valence-electron chi connectivity index (χ0n) is 9.44. The van der Waals surface area contributed by atoms with Crippen LogP contribution >= 0.6 is 11.3 Å². The van der Waals surface area contributed by atoms with E-state index >= 15 is 0 Å². The number of H-pyrrole nitrogens is 1. The molecule has 0 fully saturated rings. The van der Waals surface area contributed by atoms with Crippen LogP contribution in [0, 0.1) is 0 Å². The molecule has 0 saturated heterocycles. The van der Waals surface area contributed by atoms with E-state index in [0.717, 1.165) is 5.69 Å². The van der Waals surface area contributed by atoms with Gasteiger partial charge in [-0.3, -0.25) is 9.89 Å². The molecular formula is C10H14N4OS. The number of nitrogens with zero attached hydrogens (tertiary/aromatic N) is 2. The van der Waals surface area contributed by atoms with Crippen LogP contribution < -0.4 is 11.3 Å². The Hall–Kier alpha value is -1.56. The van der Waals surface area contributed by atoms with Crippen molar-refractivity contribution >= 4 is 17.0 Å². The fourth-order valence-electron chi connectivity index (χ4n) is 1.48. The molecule has 0 bridgehead atoms. The first-order chi connectivity index (χ1) is 7.41. The van der Waals surface area contributed by atoms with Gasteiger partial charge in [0.15, 0.2) is 0 Å². The highest BCUT2D eigenvalue weighted by molar-refractivity contribution is 7.12. The maximum Gasteiger partial charge on any atom is 0.296 e. The summed E-state index contributed by atoms with van der Waals surface area (Å²) in [5, 5.41) is 5.44. The number of hydrogen-bond donors (Lipinski definition) is 2. The predicted molar refractivity (Wildman–Crippen MR) is 65.2 cm³/mol. The van der Waals surface area contributed by atoms with Crippen LogP contribution in [-0.4, -0.2) is 14.8 Å². The molecule has 0 aliphatic rings. The zero-order chi connectivity index (χ0) is 11.9. The Morgan fingerprint density at radius 1 is 1.50 bits per heavy atom. The van der Waals surface area contributed by atoms with E-state index in [0.29, 0.717) is 5.13 Å². The summed E-state index contributed by atoms with van der Waals surface area (Å²) in [6.45, 7) is 6.00. The van der Waals surface area contributed by atoms with Gasteiger partial charge in [0.1, 0.15) is 5.69 Å². The summed E-state index contributed by atoms with van der Waals surface area (Å²) in [4.78, 5) is 16.0. The van der Waals surface area contributed by atoms with Crippen LogP contribution in [0.15, 0.2) is 16.4 Å². The van der Waals surface area contributed by atoms with Gasteiger partial charge in [-0.2, -0.15) is 4.68 Å². The van der Waals surface area contributed by atoms with E-state index in [4.69, 9.17) is 5.73 Å². The van der Waals surface area contributed by atoms with Gasteiger partial charge in [-0.25, -0.2) is 4.98 Å². The maximum absolute atomic E-state index is 11.9. The highest BCUT2D eigenvalue weighted by atomic mass is 32.1. The minimum absolute atomic E-state index is 0.189. The summed E-state index contributed by atoms with van der Waals surface area (Å²) in [6.07, 6.45) is 1.65. The van der Waals surface area contributed by atoms with Gasteiger partial charge in [0.25, 0.3) is 5.56 Å². The lowest BCUT2D eigenvalue weighted by Crippen LogP contribution is -2.17. The second kappa shape index (κ2) is 3.48. The molecule has 0 atom stereocenters. The van der Waals surface area contributed by atoms with Crippen molar-refractivity contribution < 1.29 is 0 Å². The maximum atomic E-state index is 11.9. The molecule has 6 heteroatoms. The van der Waals surface area contributed by atoms with E-state index in [1.807, 2.05) is 26.2 Å². The average molecular weight is 238 g/mol. The molecule has 2 rings (SSSR count). The van der Waals surface area contributed by atoms with E-state index in [2.05, 4.69) is 10.1 Å². The van der Waals surface area contributed by atoms with Gasteiger partial charge in [-0.1, -0.05) is 20.8 Å². The van der Waals surface area contributed by atoms with Crippen molar-refractivity contribution in [2.45, 2.75) is 26.2 Å². The topological polar surface area (TPSA) is 76.7 Å². The zero-order valence-corrected chi connectivity index (χ0v) is 10.3. The number of nitrogens with one attached hydrogen (secondary N) is 1. The minimum Gasteiger partial charge on any atom is -0.393 e. The monoisotopic (exact) mass is 238 g/mol. The Bertz CT molecular complexity index is 544. The quantitative estimate of drug-likeness (QED) is 0.790. The van der Waals surface area contributed by atoms with Crippen molar-refractivity contribution in [3.05, 3.63) is 27.6 Å². The molecule has 0 aliphatic carbocycles. The SMILES string of the molecule is CC(C)(C)c1[nH]n(-c2nccs2)c(=O)c1N. The van der Waals surface area contributed by atoms with Gasteiger partial charge < -0.3 is 5.73 Å². The summed E-state index contributed by atoms with van der Waals surface area (Å²) in [6, 6.07) is 0. The molecule has 3 N–H and O–H groups in total. The number of hydrogen-bond acceptors (Lipinski definition) is 4. The van der Waals surface area contributed by atoms with Gasteiger partial charge in [0, 0.05) is 17.0 Å². The third-order valence-corrected chi connectivity index (χ3v) is 3.04. The highest BCUT2D eigenvalue weighted by Gasteiger charge is 2.23. The number of nitrogens with two attached hydrogens (primary N) is 1. The lowest BCUT2D eigenvalue weighted by atomic mass is 9.91. The molecule has 0 saturated carbocycles. The Kier molecular flexibility index (Phi) is 2.38. The molecule has 0 radical (unpaired) electrons. The number of anilines is 1. The first kappa shape index (κ1) is 10.9. The Balaban J connectivity index is 2.64. The summed E-state index contributed by atoms with van der Waals surface area (Å²) >= 11 is 1.39. The third kappa shape index (κ3) is 1.65. The van der Waals surface area contributed by atoms with Gasteiger partial charge in [-0.15, -0.1) is 11.3 Å². The number of aromatic amines is 1. The molecule has 2 heterocycles. The smallest absolute Gasteiger partial charge is 0.296 e. The number of aromatic nitrogens is 3. The molecule has 0 spiro atoms. The van der Waals surface area contributed by atoms with Crippen molar-refractivity contribution in [2.24, 2.45) is 0 Å². The summed E-state index contributed by atoms with van der Waals surface area (Å²) in [7, 11) is 0. The van der Waals surface area contributed by atoms with Crippen molar-refractivity contribution in [1.29, 1.82) is 0 Å². The standard InChI is InChI=1S/C10H14N4OS/c1-10(2,3)7-6(11)8(15)14(13-7)9-12-4-5-16-9/h4-5,13H,11H2,1-3H3. The van der Waals surface area contributed by atoms with Crippen LogP contribution in [-0.2, 0) is 5.41 Å². The van der Waals surface area contributed by atoms with Crippen LogP contribution in [0.5, 0.6) is 0 Å². The predicted octanol–water partition coefficient (Wildman–Crippen LogP) is 1.50. The Morgan fingerprint density at radius 3 is 2.62 bits per heavy atom. The van der Waals surface area contributed by atoms with Crippen molar-refractivity contribution in [2.75, 3.05) is 5.73 Å². The van der Waals surface area contributed by atoms with E-state index in [9.17, 15) is 4.79 Å². The molecular weight excluding hydrogens is 224 g/mol. The van der Waals surface area contributed by atoms with Crippen molar-refractivity contribution in [3.8, 4) is 5.13 Å². The molecule has 86 valence electrons. The molecule has 2 aromatic rings. The Morgan fingerprint density at radius 2 is 2.19 bits per heavy atom. The lowest BCUT2D eigenvalue weighted by molar-refractivity contribution is 0.561. The highest BCUT2D eigenvalue weighted by Crippen LogP contribution is 2.24. The normalized spacial score (nSPS) is 11.9. The van der Waals surface area contributed by atoms with Gasteiger partial charge in [0.2, 0.25) is 5.13 Å². The second-order valence-electron chi connectivity index (χ2n) is 4.61. The summed E-state index contributed by atoms with van der Waals surface area (Å²) in [5.41, 5.74) is 6.39.